The third kappa shape index (κ3) is 5.32. The van der Waals surface area contributed by atoms with E-state index >= 15 is 0 Å². The number of likely N-dealkylation sites (tertiary alicyclic amines) is 1. The summed E-state index contributed by atoms with van der Waals surface area (Å²) in [5.74, 6) is -1.43. The molecule has 8 heteroatoms. The van der Waals surface area contributed by atoms with E-state index in [0.29, 0.717) is 13.0 Å². The molecule has 186 valence electrons. The number of carboxylic acids is 1. The minimum atomic E-state index is -1.76. The Kier molecular flexibility index (Phi) is 7.40. The van der Waals surface area contributed by atoms with Crippen LogP contribution < -0.4 is 5.32 Å². The van der Waals surface area contributed by atoms with Crippen LogP contribution in [0.4, 0.5) is 4.79 Å². The molecule has 0 aromatic heterocycles. The van der Waals surface area contributed by atoms with E-state index in [4.69, 9.17) is 9.84 Å². The predicted octanol–water partition coefficient (Wildman–Crippen LogP) is 3.38. The van der Waals surface area contributed by atoms with Gasteiger partial charge in [0, 0.05) is 44.8 Å². The number of alkyl carbamates (subject to hydrolysis) is 1. The summed E-state index contributed by atoms with van der Waals surface area (Å²) in [6.07, 6.45) is 0.460. The molecule has 2 aromatic rings. The second-order valence-corrected chi connectivity index (χ2v) is 9.40. The van der Waals surface area contributed by atoms with Gasteiger partial charge in [-0.1, -0.05) is 61.9 Å². The van der Waals surface area contributed by atoms with Crippen LogP contribution in [-0.4, -0.2) is 64.9 Å². The highest BCUT2D eigenvalue weighted by atomic mass is 16.5. The summed E-state index contributed by atoms with van der Waals surface area (Å²) in [4.78, 5) is 37.9. The number of nitrogens with zero attached hydrogens (tertiary/aromatic N) is 1. The van der Waals surface area contributed by atoms with E-state index in [1.54, 1.807) is 4.90 Å². The summed E-state index contributed by atoms with van der Waals surface area (Å²) in [5, 5.41) is 22.0. The van der Waals surface area contributed by atoms with E-state index in [9.17, 15) is 19.5 Å². The number of hydrogen-bond acceptors (Lipinski definition) is 5. The highest BCUT2D eigenvalue weighted by Crippen LogP contribution is 2.44. The van der Waals surface area contributed by atoms with Crippen molar-refractivity contribution in [2.45, 2.75) is 44.1 Å². The topological polar surface area (TPSA) is 116 Å². The van der Waals surface area contributed by atoms with Crippen LogP contribution in [0.3, 0.4) is 0 Å². The number of rotatable bonds is 8. The maximum absolute atomic E-state index is 12.7. The fourth-order valence-corrected chi connectivity index (χ4v) is 4.95. The Labute approximate surface area is 204 Å². The molecule has 4 rings (SSSR count). The number of fused-ring (bicyclic) bond motifs is 3. The van der Waals surface area contributed by atoms with Gasteiger partial charge in [-0.15, -0.1) is 0 Å². The number of amides is 2. The number of piperidine rings is 1. The largest absolute Gasteiger partial charge is 0.479 e. The van der Waals surface area contributed by atoms with Gasteiger partial charge in [-0.3, -0.25) is 4.79 Å². The maximum atomic E-state index is 12.7. The quantitative estimate of drug-likeness (QED) is 0.533. The van der Waals surface area contributed by atoms with Crippen LogP contribution in [-0.2, 0) is 14.3 Å². The second-order valence-electron chi connectivity index (χ2n) is 9.40. The van der Waals surface area contributed by atoms with Crippen molar-refractivity contribution in [2.24, 2.45) is 5.92 Å². The van der Waals surface area contributed by atoms with E-state index in [2.05, 4.69) is 29.6 Å². The van der Waals surface area contributed by atoms with Crippen molar-refractivity contribution in [1.29, 1.82) is 0 Å². The Balaban J connectivity index is 1.25. The Hall–Kier alpha value is -3.39. The minimum Gasteiger partial charge on any atom is -0.479 e. The molecule has 1 aliphatic heterocycles. The number of aliphatic hydroxyl groups is 1. The number of benzene rings is 2. The van der Waals surface area contributed by atoms with Crippen molar-refractivity contribution in [3.8, 4) is 11.1 Å². The molecule has 3 N–H and O–H groups in total. The summed E-state index contributed by atoms with van der Waals surface area (Å²) in [6.45, 7) is 2.91. The van der Waals surface area contributed by atoms with Crippen molar-refractivity contribution < 1.29 is 29.3 Å². The number of carboxylic acid groups (broad SMARTS) is 1. The first-order valence-electron chi connectivity index (χ1n) is 12.1. The van der Waals surface area contributed by atoms with Gasteiger partial charge in [0.15, 0.2) is 5.60 Å². The number of ether oxygens (including phenoxy) is 1. The number of carbonyl (C=O) groups excluding carboxylic acids is 2. The van der Waals surface area contributed by atoms with Crippen LogP contribution in [0.1, 0.15) is 49.7 Å². The van der Waals surface area contributed by atoms with E-state index in [1.165, 1.54) is 11.1 Å². The summed E-state index contributed by atoms with van der Waals surface area (Å²) in [7, 11) is 0. The van der Waals surface area contributed by atoms with E-state index in [1.807, 2.05) is 31.2 Å². The summed E-state index contributed by atoms with van der Waals surface area (Å²) in [5.41, 5.74) is 2.87. The van der Waals surface area contributed by atoms with Crippen LogP contribution >= 0.6 is 0 Å². The molecule has 0 radical (unpaired) electrons. The first kappa shape index (κ1) is 24.7. The fraction of sp³-hybridized carbons (Fsp3) is 0.444. The molecule has 0 spiro atoms. The molecule has 1 saturated heterocycles. The number of carbonyl (C=O) groups is 3. The van der Waals surface area contributed by atoms with Crippen molar-refractivity contribution >= 4 is 18.0 Å². The molecule has 2 aromatic carbocycles. The SMILES string of the molecule is CCC(CNC(=O)OCC1c2ccccc2-c2ccccc21)CC(=O)N1CCC(O)(C(=O)O)CC1. The van der Waals surface area contributed by atoms with E-state index < -0.39 is 17.7 Å². The van der Waals surface area contributed by atoms with E-state index in [0.717, 1.165) is 11.1 Å². The fourth-order valence-electron chi connectivity index (χ4n) is 4.95. The summed E-state index contributed by atoms with van der Waals surface area (Å²) < 4.78 is 5.57. The first-order valence-corrected chi connectivity index (χ1v) is 12.1. The van der Waals surface area contributed by atoms with Crippen LogP contribution in [0.15, 0.2) is 48.5 Å². The van der Waals surface area contributed by atoms with Crippen molar-refractivity contribution in [2.75, 3.05) is 26.2 Å². The number of hydrogen-bond donors (Lipinski definition) is 3. The molecule has 1 fully saturated rings. The van der Waals surface area contributed by atoms with Gasteiger partial charge in [0.1, 0.15) is 6.61 Å². The van der Waals surface area contributed by atoms with Gasteiger partial charge in [-0.2, -0.15) is 0 Å². The number of aliphatic carboxylic acids is 1. The zero-order valence-corrected chi connectivity index (χ0v) is 19.9. The zero-order chi connectivity index (χ0) is 25.0. The number of nitrogens with one attached hydrogen (secondary N) is 1. The molecule has 2 amide bonds. The first-order chi connectivity index (χ1) is 16.8. The highest BCUT2D eigenvalue weighted by Gasteiger charge is 2.40. The second kappa shape index (κ2) is 10.5. The normalized spacial score (nSPS) is 17.3. The van der Waals surface area contributed by atoms with Crippen molar-refractivity contribution in [1.82, 2.24) is 10.2 Å². The van der Waals surface area contributed by atoms with Crippen molar-refractivity contribution in [3.63, 3.8) is 0 Å². The summed E-state index contributed by atoms with van der Waals surface area (Å²) >= 11 is 0. The lowest BCUT2D eigenvalue weighted by Crippen LogP contribution is -2.51. The Morgan fingerprint density at radius 1 is 1.06 bits per heavy atom. The van der Waals surface area contributed by atoms with Gasteiger partial charge in [-0.25, -0.2) is 9.59 Å². The van der Waals surface area contributed by atoms with Gasteiger partial charge >= 0.3 is 12.1 Å². The molecule has 0 bridgehead atoms. The van der Waals surface area contributed by atoms with Crippen LogP contribution in [0.25, 0.3) is 11.1 Å². The third-order valence-corrected chi connectivity index (χ3v) is 7.26. The predicted molar refractivity (Wildman–Crippen MR) is 130 cm³/mol. The average Bonchev–Trinajstić information content (AvgIpc) is 3.19. The van der Waals surface area contributed by atoms with Gasteiger partial charge in [0.05, 0.1) is 0 Å². The maximum Gasteiger partial charge on any atom is 0.407 e. The molecule has 1 aliphatic carbocycles. The molecule has 2 aliphatic rings. The Morgan fingerprint density at radius 2 is 1.63 bits per heavy atom. The molecule has 35 heavy (non-hydrogen) atoms. The molecule has 1 unspecified atom stereocenters. The van der Waals surface area contributed by atoms with Gasteiger partial charge in [0.25, 0.3) is 0 Å². The summed E-state index contributed by atoms with van der Waals surface area (Å²) in [6, 6.07) is 16.3. The van der Waals surface area contributed by atoms with Gasteiger partial charge in [-0.05, 0) is 28.2 Å². The van der Waals surface area contributed by atoms with E-state index in [-0.39, 0.29) is 56.7 Å². The minimum absolute atomic E-state index is 0.0137. The Morgan fingerprint density at radius 3 is 2.17 bits per heavy atom. The molecule has 8 nitrogen and oxygen atoms in total. The highest BCUT2D eigenvalue weighted by molar-refractivity contribution is 5.80. The smallest absolute Gasteiger partial charge is 0.407 e. The zero-order valence-electron chi connectivity index (χ0n) is 19.9. The lowest BCUT2D eigenvalue weighted by molar-refractivity contribution is -0.165. The monoisotopic (exact) mass is 480 g/mol. The third-order valence-electron chi connectivity index (χ3n) is 7.26. The molecular weight excluding hydrogens is 448 g/mol. The molecule has 0 saturated carbocycles. The molecule has 1 heterocycles. The van der Waals surface area contributed by atoms with Gasteiger partial charge in [0.2, 0.25) is 5.91 Å². The molecular formula is C27H32N2O6. The lowest BCUT2D eigenvalue weighted by atomic mass is 9.91. The van der Waals surface area contributed by atoms with Gasteiger partial charge < -0.3 is 25.2 Å². The van der Waals surface area contributed by atoms with Crippen LogP contribution in [0.2, 0.25) is 0 Å². The van der Waals surface area contributed by atoms with Crippen molar-refractivity contribution in [3.05, 3.63) is 59.7 Å². The Bertz CT molecular complexity index is 1050. The lowest BCUT2D eigenvalue weighted by Gasteiger charge is -2.35. The molecule has 1 atom stereocenters. The average molecular weight is 481 g/mol. The standard InChI is InChI=1S/C27H32N2O6/c1-2-18(15-24(30)29-13-11-27(34,12-14-29)25(31)32)16-28-26(33)35-17-23-21-9-5-3-7-19(21)20-8-4-6-10-22(20)23/h3-10,18,23,34H,2,11-17H2,1H3,(H,28,33)(H,31,32). The van der Waals surface area contributed by atoms with Crippen LogP contribution in [0.5, 0.6) is 0 Å². The van der Waals surface area contributed by atoms with Crippen LogP contribution in [0, 0.1) is 5.92 Å².